The molecule has 0 saturated carbocycles. The Hall–Kier alpha value is -2.48. The predicted octanol–water partition coefficient (Wildman–Crippen LogP) is 5.39. The van der Waals surface area contributed by atoms with Gasteiger partial charge in [-0.3, -0.25) is 4.79 Å². The number of hydrogen-bond acceptors (Lipinski definition) is 3. The maximum absolute atomic E-state index is 12.4. The number of halogens is 2. The first-order valence-electron chi connectivity index (χ1n) is 8.22. The van der Waals surface area contributed by atoms with Crippen molar-refractivity contribution in [2.75, 3.05) is 23.3 Å². The van der Waals surface area contributed by atoms with Crippen LogP contribution in [0.4, 0.5) is 11.4 Å². The smallest absolute Gasteiger partial charge is 0.266 e. The maximum atomic E-state index is 12.4. The van der Waals surface area contributed by atoms with Gasteiger partial charge in [0, 0.05) is 40.1 Å². The van der Waals surface area contributed by atoms with Crippen molar-refractivity contribution < 1.29 is 4.79 Å². The Morgan fingerprint density at radius 3 is 2.19 bits per heavy atom. The molecule has 0 bridgehead atoms. The SMILES string of the molecule is CCN(CC)c1ccc(NC(=O)/C(C#N)=C\c2c(Cl)cccc2Cl)cc1. The highest BCUT2D eigenvalue weighted by molar-refractivity contribution is 6.37. The standard InChI is InChI=1S/C20H19Cl2N3O/c1-3-25(4-2)16-10-8-15(9-11-16)24-20(26)14(13-23)12-17-18(21)6-5-7-19(17)22/h5-12H,3-4H2,1-2H3,(H,24,26)/b14-12-. The van der Waals surface area contributed by atoms with Crippen LogP contribution in [0.2, 0.25) is 10.0 Å². The van der Waals surface area contributed by atoms with Gasteiger partial charge in [-0.25, -0.2) is 0 Å². The molecule has 134 valence electrons. The lowest BCUT2D eigenvalue weighted by atomic mass is 10.1. The lowest BCUT2D eigenvalue weighted by molar-refractivity contribution is -0.112. The molecule has 1 N–H and O–H groups in total. The lowest BCUT2D eigenvalue weighted by Gasteiger charge is -2.21. The fraction of sp³-hybridized carbons (Fsp3) is 0.200. The van der Waals surface area contributed by atoms with Crippen LogP contribution >= 0.6 is 23.2 Å². The van der Waals surface area contributed by atoms with Crippen LogP contribution in [0.1, 0.15) is 19.4 Å². The second-order valence-corrected chi connectivity index (χ2v) is 6.29. The number of anilines is 2. The van der Waals surface area contributed by atoms with E-state index in [-0.39, 0.29) is 5.57 Å². The largest absolute Gasteiger partial charge is 0.372 e. The number of nitrogens with zero attached hydrogens (tertiary/aromatic N) is 2. The van der Waals surface area contributed by atoms with Crippen molar-refractivity contribution in [2.45, 2.75) is 13.8 Å². The highest BCUT2D eigenvalue weighted by Gasteiger charge is 2.12. The molecular formula is C20H19Cl2N3O. The Morgan fingerprint density at radius 2 is 1.69 bits per heavy atom. The molecule has 0 aliphatic heterocycles. The normalized spacial score (nSPS) is 11.0. The van der Waals surface area contributed by atoms with Gasteiger partial charge in [0.1, 0.15) is 11.6 Å². The molecule has 0 aromatic heterocycles. The summed E-state index contributed by atoms with van der Waals surface area (Å²) < 4.78 is 0. The van der Waals surface area contributed by atoms with Crippen molar-refractivity contribution in [1.29, 1.82) is 5.26 Å². The average Bonchev–Trinajstić information content (AvgIpc) is 2.64. The van der Waals surface area contributed by atoms with Gasteiger partial charge in [-0.2, -0.15) is 5.26 Å². The summed E-state index contributed by atoms with van der Waals surface area (Å²) in [6.45, 7) is 5.98. The molecular weight excluding hydrogens is 369 g/mol. The number of rotatable bonds is 6. The minimum Gasteiger partial charge on any atom is -0.372 e. The first kappa shape index (κ1) is 19.8. The average molecular weight is 388 g/mol. The highest BCUT2D eigenvalue weighted by Crippen LogP contribution is 2.27. The maximum Gasteiger partial charge on any atom is 0.266 e. The van der Waals surface area contributed by atoms with E-state index >= 15 is 0 Å². The second-order valence-electron chi connectivity index (χ2n) is 5.48. The van der Waals surface area contributed by atoms with Crippen molar-refractivity contribution in [3.05, 3.63) is 63.6 Å². The molecule has 4 nitrogen and oxygen atoms in total. The summed E-state index contributed by atoms with van der Waals surface area (Å²) in [6.07, 6.45) is 1.39. The molecule has 26 heavy (non-hydrogen) atoms. The molecule has 0 atom stereocenters. The summed E-state index contributed by atoms with van der Waals surface area (Å²) in [4.78, 5) is 14.6. The number of amides is 1. The van der Waals surface area contributed by atoms with E-state index in [2.05, 4.69) is 24.1 Å². The van der Waals surface area contributed by atoms with E-state index in [1.54, 1.807) is 18.2 Å². The molecule has 0 heterocycles. The summed E-state index contributed by atoms with van der Waals surface area (Å²) >= 11 is 12.2. The van der Waals surface area contributed by atoms with Gasteiger partial charge < -0.3 is 10.2 Å². The van der Waals surface area contributed by atoms with E-state index in [4.69, 9.17) is 23.2 Å². The van der Waals surface area contributed by atoms with E-state index in [0.717, 1.165) is 18.8 Å². The summed E-state index contributed by atoms with van der Waals surface area (Å²) in [5.41, 5.74) is 2.05. The Kier molecular flexibility index (Phi) is 7.08. The molecule has 2 aromatic rings. The monoisotopic (exact) mass is 387 g/mol. The van der Waals surface area contributed by atoms with Gasteiger partial charge in [0.15, 0.2) is 0 Å². The summed E-state index contributed by atoms with van der Waals surface area (Å²) in [5.74, 6) is -0.515. The molecule has 0 aliphatic carbocycles. The van der Waals surface area contributed by atoms with Gasteiger partial charge in [-0.15, -0.1) is 0 Å². The molecule has 0 unspecified atom stereocenters. The fourth-order valence-electron chi connectivity index (χ4n) is 2.48. The number of nitrogens with one attached hydrogen (secondary N) is 1. The number of carbonyl (C=O) groups excluding carboxylic acids is 1. The lowest BCUT2D eigenvalue weighted by Crippen LogP contribution is -2.21. The highest BCUT2D eigenvalue weighted by atomic mass is 35.5. The predicted molar refractivity (Wildman–Crippen MR) is 109 cm³/mol. The van der Waals surface area contributed by atoms with Gasteiger partial charge in [0.25, 0.3) is 5.91 Å². The van der Waals surface area contributed by atoms with E-state index in [1.807, 2.05) is 30.3 Å². The Morgan fingerprint density at radius 1 is 1.12 bits per heavy atom. The molecule has 0 saturated heterocycles. The zero-order chi connectivity index (χ0) is 19.1. The van der Waals surface area contributed by atoms with Crippen LogP contribution in [0, 0.1) is 11.3 Å². The van der Waals surface area contributed by atoms with E-state index in [0.29, 0.717) is 21.3 Å². The minimum atomic E-state index is -0.515. The van der Waals surface area contributed by atoms with Gasteiger partial charge in [0.2, 0.25) is 0 Å². The summed E-state index contributed by atoms with van der Waals surface area (Å²) in [7, 11) is 0. The van der Waals surface area contributed by atoms with Gasteiger partial charge in [-0.1, -0.05) is 29.3 Å². The third-order valence-electron chi connectivity index (χ3n) is 3.91. The fourth-order valence-corrected chi connectivity index (χ4v) is 2.99. The molecule has 6 heteroatoms. The molecule has 1 amide bonds. The topological polar surface area (TPSA) is 56.1 Å². The van der Waals surface area contributed by atoms with Crippen LogP contribution in [0.3, 0.4) is 0 Å². The van der Waals surface area contributed by atoms with Crippen LogP contribution in [0.15, 0.2) is 48.0 Å². The number of benzene rings is 2. The molecule has 2 rings (SSSR count). The zero-order valence-electron chi connectivity index (χ0n) is 14.6. The molecule has 0 aliphatic rings. The Bertz CT molecular complexity index is 830. The summed E-state index contributed by atoms with van der Waals surface area (Å²) in [5, 5.41) is 12.8. The van der Waals surface area contributed by atoms with Crippen LogP contribution in [-0.4, -0.2) is 19.0 Å². The molecule has 0 radical (unpaired) electrons. The number of hydrogen-bond donors (Lipinski definition) is 1. The van der Waals surface area contributed by atoms with Crippen molar-refractivity contribution in [1.82, 2.24) is 0 Å². The Labute approximate surface area is 163 Å². The number of nitriles is 1. The third-order valence-corrected chi connectivity index (χ3v) is 4.57. The molecule has 0 spiro atoms. The van der Waals surface area contributed by atoms with E-state index in [1.165, 1.54) is 6.08 Å². The van der Waals surface area contributed by atoms with Gasteiger partial charge >= 0.3 is 0 Å². The first-order chi connectivity index (χ1) is 12.5. The molecule has 0 fully saturated rings. The summed E-state index contributed by atoms with van der Waals surface area (Å²) in [6, 6.07) is 14.4. The van der Waals surface area contributed by atoms with Crippen molar-refractivity contribution >= 4 is 46.6 Å². The van der Waals surface area contributed by atoms with Gasteiger partial charge in [-0.05, 0) is 56.3 Å². The second kappa shape index (κ2) is 9.28. The van der Waals surface area contributed by atoms with Crippen LogP contribution in [0.25, 0.3) is 6.08 Å². The number of carbonyl (C=O) groups is 1. The minimum absolute atomic E-state index is 0.0761. The van der Waals surface area contributed by atoms with Crippen LogP contribution in [-0.2, 0) is 4.79 Å². The van der Waals surface area contributed by atoms with E-state index < -0.39 is 5.91 Å². The van der Waals surface area contributed by atoms with Crippen molar-refractivity contribution in [2.24, 2.45) is 0 Å². The van der Waals surface area contributed by atoms with Gasteiger partial charge in [0.05, 0.1) is 0 Å². The van der Waals surface area contributed by atoms with Crippen molar-refractivity contribution in [3.8, 4) is 6.07 Å². The Balaban J connectivity index is 2.20. The quantitative estimate of drug-likeness (QED) is 0.534. The van der Waals surface area contributed by atoms with E-state index in [9.17, 15) is 10.1 Å². The van der Waals surface area contributed by atoms with Crippen LogP contribution in [0.5, 0.6) is 0 Å². The zero-order valence-corrected chi connectivity index (χ0v) is 16.1. The molecule has 2 aromatic carbocycles. The first-order valence-corrected chi connectivity index (χ1v) is 8.97. The third kappa shape index (κ3) is 4.78. The van der Waals surface area contributed by atoms with Crippen LogP contribution < -0.4 is 10.2 Å². The van der Waals surface area contributed by atoms with Crippen molar-refractivity contribution in [3.63, 3.8) is 0 Å².